The molecule has 8 rings (SSSR count). The predicted molar refractivity (Wildman–Crippen MR) is 240 cm³/mol. The summed E-state index contributed by atoms with van der Waals surface area (Å²) in [7, 11) is 0. The van der Waals surface area contributed by atoms with Crippen molar-refractivity contribution in [1.29, 1.82) is 0 Å². The molecule has 0 aliphatic rings. The molecule has 302 valence electrons. The van der Waals surface area contributed by atoms with E-state index in [9.17, 15) is 28.8 Å². The number of carbonyl (C=O) groups is 6. The second-order valence-corrected chi connectivity index (χ2v) is 15.4. The topological polar surface area (TPSA) is 128 Å². The smallest absolute Gasteiger partial charge is 0.294 e. The van der Waals surface area contributed by atoms with Crippen LogP contribution in [-0.4, -0.2) is 44.7 Å². The van der Waals surface area contributed by atoms with Gasteiger partial charge in [0.25, 0.3) is 0 Å². The molecule has 0 atom stereocenters. The average Bonchev–Trinajstić information content (AvgIpc) is 4.15. The van der Waals surface area contributed by atoms with Crippen LogP contribution in [0.15, 0.2) is 192 Å². The summed E-state index contributed by atoms with van der Waals surface area (Å²) in [6, 6.07) is 48.9. The normalized spacial score (nSPS) is 9.77. The van der Waals surface area contributed by atoms with Crippen molar-refractivity contribution in [3.8, 4) is 11.4 Å². The van der Waals surface area contributed by atoms with Gasteiger partial charge in [-0.1, -0.05) is 121 Å². The summed E-state index contributed by atoms with van der Waals surface area (Å²) in [5.74, 6) is -0.700. The molecule has 0 N–H and O–H groups in total. The maximum atomic E-state index is 11.7. The molecule has 0 bridgehead atoms. The van der Waals surface area contributed by atoms with Crippen molar-refractivity contribution >= 4 is 68.7 Å². The second-order valence-electron chi connectivity index (χ2n) is 12.5. The Morgan fingerprint density at radius 3 is 0.836 bits per heavy atom. The van der Waals surface area contributed by atoms with Gasteiger partial charge in [0.05, 0.1) is 45.3 Å². The third-order valence-corrected chi connectivity index (χ3v) is 11.0. The van der Waals surface area contributed by atoms with E-state index in [0.717, 1.165) is 11.4 Å². The third kappa shape index (κ3) is 16.6. The van der Waals surface area contributed by atoms with Gasteiger partial charge in [-0.05, 0) is 58.6 Å². The molecule has 8 nitrogen and oxygen atoms in total. The van der Waals surface area contributed by atoms with Crippen LogP contribution in [0.4, 0.5) is 0 Å². The average molecular weight is 999 g/mol. The van der Waals surface area contributed by atoms with Crippen molar-refractivity contribution in [1.82, 2.24) is 9.97 Å². The molecule has 0 spiro atoms. The molecule has 0 radical (unpaired) electrons. The van der Waals surface area contributed by atoms with E-state index in [4.69, 9.17) is 0 Å². The fourth-order valence-electron chi connectivity index (χ4n) is 5.22. The quantitative estimate of drug-likeness (QED) is 0.0825. The zero-order valence-electron chi connectivity index (χ0n) is 32.5. The summed E-state index contributed by atoms with van der Waals surface area (Å²) in [5.41, 5.74) is 3.60. The van der Waals surface area contributed by atoms with Crippen LogP contribution in [0.3, 0.4) is 0 Å². The number of hydrogen-bond donors (Lipinski definition) is 0. The Balaban J connectivity index is 0.000000179. The van der Waals surface area contributed by atoms with Crippen molar-refractivity contribution in [2.75, 3.05) is 0 Å². The minimum atomic E-state index is -0.126. The minimum absolute atomic E-state index is 0. The van der Waals surface area contributed by atoms with E-state index < -0.39 is 0 Å². The van der Waals surface area contributed by atoms with Crippen LogP contribution in [-0.2, 0) is 0 Å². The first-order valence-electron chi connectivity index (χ1n) is 18.6. The number of hydrogen-bond acceptors (Lipinski definition) is 11. The molecule has 12 heteroatoms. The number of carbonyl (C=O) groups excluding carboxylic acids is 6. The molecule has 0 unspecified atom stereocenters. The molecule has 3 aromatic carbocycles. The summed E-state index contributed by atoms with van der Waals surface area (Å²) in [4.78, 5) is 80.5. The van der Waals surface area contributed by atoms with E-state index in [1.807, 2.05) is 88.9 Å². The van der Waals surface area contributed by atoms with E-state index in [2.05, 4.69) is 9.97 Å². The summed E-state index contributed by atoms with van der Waals surface area (Å²) < 4.78 is 0. The van der Waals surface area contributed by atoms with Gasteiger partial charge in [0.2, 0.25) is 0 Å². The Morgan fingerprint density at radius 1 is 0.328 bits per heavy atom. The van der Waals surface area contributed by atoms with Crippen molar-refractivity contribution in [3.63, 3.8) is 0 Å². The van der Waals surface area contributed by atoms with Gasteiger partial charge < -0.3 is 0 Å². The SMILES string of the molecule is O=C(CC(=O)c1cccs1)c1ccccc1.O=C(CC(=O)c1cccs1)c1ccccc1.O=C(CC(=O)c1cccs1)c1ccccc1.[Eu+3].c1ccc(-c2ccccn2)nc1. The van der Waals surface area contributed by atoms with Crippen molar-refractivity contribution in [2.24, 2.45) is 0 Å². The molecule has 5 aromatic heterocycles. The zero-order chi connectivity index (χ0) is 42.4. The zero-order valence-corrected chi connectivity index (χ0v) is 37.4. The molecule has 0 saturated carbocycles. The number of nitrogens with zero attached hydrogens (tertiary/aromatic N) is 2. The first-order chi connectivity index (χ1) is 29.3. The second kappa shape index (κ2) is 26.8. The first-order valence-corrected chi connectivity index (χ1v) is 21.2. The van der Waals surface area contributed by atoms with Gasteiger partial charge in [0, 0.05) is 29.1 Å². The monoisotopic (exact) mass is 999 g/mol. The van der Waals surface area contributed by atoms with E-state index >= 15 is 0 Å². The number of benzene rings is 3. The first kappa shape index (κ1) is 48.3. The van der Waals surface area contributed by atoms with Gasteiger partial charge in [-0.15, -0.1) is 34.0 Å². The maximum Gasteiger partial charge on any atom is 3.00 e. The number of Topliss-reactive ketones (excluding diaryl/α,β-unsaturated/α-hetero) is 6. The Hall–Kier alpha value is -5.34. The van der Waals surface area contributed by atoms with Crippen LogP contribution in [0.25, 0.3) is 11.4 Å². The van der Waals surface area contributed by atoms with Crippen LogP contribution in [0.5, 0.6) is 0 Å². The molecule has 0 fully saturated rings. The van der Waals surface area contributed by atoms with Crippen LogP contribution in [0.1, 0.15) is 79.4 Å². The van der Waals surface area contributed by atoms with E-state index in [0.29, 0.717) is 31.3 Å². The molecule has 0 saturated heterocycles. The molecule has 0 aliphatic carbocycles. The van der Waals surface area contributed by atoms with Gasteiger partial charge in [-0.3, -0.25) is 38.7 Å². The summed E-state index contributed by atoms with van der Waals surface area (Å²) in [5, 5.41) is 5.50. The third-order valence-electron chi connectivity index (χ3n) is 8.23. The van der Waals surface area contributed by atoms with Crippen molar-refractivity contribution in [3.05, 3.63) is 224 Å². The molecular weight excluding hydrogens is 961 g/mol. The molecule has 0 aliphatic heterocycles. The Kier molecular flexibility index (Phi) is 21.2. The number of rotatable bonds is 13. The predicted octanol–water partition coefficient (Wildman–Crippen LogP) is 11.8. The van der Waals surface area contributed by atoms with Crippen LogP contribution in [0, 0.1) is 49.4 Å². The van der Waals surface area contributed by atoms with E-state index in [-0.39, 0.29) is 103 Å². The van der Waals surface area contributed by atoms with Crippen molar-refractivity contribution in [2.45, 2.75) is 19.3 Å². The molecule has 8 aromatic rings. The molecule has 0 amide bonds. The molecule has 5 heterocycles. The van der Waals surface area contributed by atoms with Crippen molar-refractivity contribution < 1.29 is 78.1 Å². The summed E-state index contributed by atoms with van der Waals surface area (Å²) in [6.07, 6.45) is 3.38. The summed E-state index contributed by atoms with van der Waals surface area (Å²) >= 11 is 4.10. The van der Waals surface area contributed by atoms with E-state index in [1.54, 1.807) is 103 Å². The minimum Gasteiger partial charge on any atom is -0.294 e. The molecular formula is C49H38EuN2O6S3+3. The van der Waals surface area contributed by atoms with E-state index in [1.165, 1.54) is 34.0 Å². The standard InChI is InChI=1S/3C13H10O2S.C10H8N2.Eu/c3*14-11(10-5-2-1-3-6-10)9-12(15)13-7-4-8-16-13;1-3-7-11-9(5-1)10-6-2-4-8-12-10;/h3*1-8H,9H2;1-8H;/q;;;;+3. The summed E-state index contributed by atoms with van der Waals surface area (Å²) in [6.45, 7) is 0. The fourth-order valence-corrected chi connectivity index (χ4v) is 7.21. The number of ketones is 6. The maximum absolute atomic E-state index is 11.7. The largest absolute Gasteiger partial charge is 3.00 e. The van der Waals surface area contributed by atoms with Gasteiger partial charge in [0.15, 0.2) is 34.7 Å². The number of aromatic nitrogens is 2. The van der Waals surface area contributed by atoms with Crippen LogP contribution in [0.2, 0.25) is 0 Å². The Morgan fingerprint density at radius 2 is 0.607 bits per heavy atom. The number of pyridine rings is 2. The number of thiophene rings is 3. The van der Waals surface area contributed by atoms with Crippen LogP contribution >= 0.6 is 34.0 Å². The van der Waals surface area contributed by atoms with Crippen LogP contribution < -0.4 is 0 Å². The fraction of sp³-hybridized carbons (Fsp3) is 0.0612. The van der Waals surface area contributed by atoms with Gasteiger partial charge in [-0.2, -0.15) is 0 Å². The van der Waals surface area contributed by atoms with Gasteiger partial charge >= 0.3 is 49.4 Å². The van der Waals surface area contributed by atoms with Gasteiger partial charge in [0.1, 0.15) is 0 Å². The molecule has 61 heavy (non-hydrogen) atoms. The Bertz CT molecular complexity index is 2270. The Labute approximate surface area is 407 Å². The van der Waals surface area contributed by atoms with Gasteiger partial charge in [-0.25, -0.2) is 0 Å².